The van der Waals surface area contributed by atoms with E-state index in [1.54, 1.807) is 34.2 Å². The van der Waals surface area contributed by atoms with Crippen LogP contribution in [0.5, 0.6) is 0 Å². The van der Waals surface area contributed by atoms with Gasteiger partial charge in [0.05, 0.1) is 13.3 Å². The van der Waals surface area contributed by atoms with E-state index in [9.17, 15) is 26.3 Å². The molecule has 0 amide bonds. The highest BCUT2D eigenvalue weighted by molar-refractivity contribution is 6.83. The topological polar surface area (TPSA) is 18.5 Å². The van der Waals surface area contributed by atoms with Crippen molar-refractivity contribution in [1.82, 2.24) is 0 Å². The van der Waals surface area contributed by atoms with Crippen LogP contribution in [0.1, 0.15) is 60.3 Å². The molecule has 0 aliphatic carbocycles. The molecule has 0 aliphatic rings. The molecule has 2 unspecified atom stereocenters. The van der Waals surface area contributed by atoms with Gasteiger partial charge in [-0.2, -0.15) is 26.3 Å². The summed E-state index contributed by atoms with van der Waals surface area (Å²) in [5.41, 5.74) is 0. The van der Waals surface area contributed by atoms with Gasteiger partial charge < -0.3 is 8.85 Å². The number of hydrogen-bond donors (Lipinski definition) is 0. The van der Waals surface area contributed by atoms with Crippen LogP contribution in [-0.4, -0.2) is 47.5 Å². The Hall–Kier alpha value is 0.151. The van der Waals surface area contributed by atoms with Gasteiger partial charge in [-0.05, 0) is 66.0 Å². The average molecular weight is 527 g/mol. The average Bonchev–Trinajstić information content (AvgIpc) is 2.52. The summed E-state index contributed by atoms with van der Waals surface area (Å²) < 4.78 is 92.0. The maximum atomic E-state index is 13.2. The summed E-state index contributed by atoms with van der Waals surface area (Å²) in [6.45, 7) is 18.8. The monoisotopic (exact) mass is 526 g/mol. The van der Waals surface area contributed by atoms with E-state index in [0.29, 0.717) is 6.04 Å². The van der Waals surface area contributed by atoms with Gasteiger partial charge in [0.25, 0.3) is 0 Å². The molecule has 0 spiro atoms. The second-order valence-electron chi connectivity index (χ2n) is 11.5. The fourth-order valence-corrected chi connectivity index (χ4v) is 15.4. The van der Waals surface area contributed by atoms with Crippen molar-refractivity contribution in [3.05, 3.63) is 0 Å². The van der Waals surface area contributed by atoms with E-state index in [4.69, 9.17) is 8.85 Å². The summed E-state index contributed by atoms with van der Waals surface area (Å²) in [5.74, 6) is 0. The minimum atomic E-state index is -4.34. The van der Waals surface area contributed by atoms with Crippen molar-refractivity contribution >= 4 is 24.7 Å². The minimum absolute atomic E-state index is 0.00254. The van der Waals surface area contributed by atoms with Gasteiger partial charge in [-0.25, -0.2) is 0 Å². The summed E-state index contributed by atoms with van der Waals surface area (Å²) >= 11 is 0. The molecule has 0 heterocycles. The first-order valence-corrected chi connectivity index (χ1v) is 20.4. The van der Waals surface area contributed by atoms with Crippen molar-refractivity contribution in [2.75, 3.05) is 0 Å². The fraction of sp³-hybridized carbons (Fsp3) is 1.00. The van der Waals surface area contributed by atoms with Gasteiger partial charge in [-0.15, -0.1) is 0 Å². The van der Waals surface area contributed by atoms with Crippen molar-refractivity contribution in [3.63, 3.8) is 0 Å². The predicted molar refractivity (Wildman–Crippen MR) is 128 cm³/mol. The summed E-state index contributed by atoms with van der Waals surface area (Å²) in [6.07, 6.45) is -8.85. The molecule has 0 saturated carbocycles. The first-order valence-electron chi connectivity index (χ1n) is 11.4. The standard InChI is InChI=1S/C21H44F6O2Si3/c1-11-12-15-31(9,16-13-20(22,23)24)18(2,3)29-32(10,17-14-21(25,26)27)19(4,5)28-30(6,7)8/h11-17H2,1-10H3. The third-order valence-corrected chi connectivity index (χ3v) is 18.9. The molecule has 0 radical (unpaired) electrons. The molecule has 0 fully saturated rings. The zero-order chi connectivity index (χ0) is 25.9. The van der Waals surface area contributed by atoms with E-state index in [2.05, 4.69) is 0 Å². The van der Waals surface area contributed by atoms with Crippen molar-refractivity contribution in [2.24, 2.45) is 0 Å². The Bertz CT molecular complexity index is 588. The lowest BCUT2D eigenvalue weighted by atomic mass is 10.4. The Kier molecular flexibility index (Phi) is 10.9. The second-order valence-corrected chi connectivity index (χ2v) is 25.6. The van der Waals surface area contributed by atoms with E-state index < -0.39 is 60.4 Å². The number of rotatable bonds is 13. The van der Waals surface area contributed by atoms with Crippen LogP contribution in [0.25, 0.3) is 0 Å². The molecule has 0 saturated heterocycles. The molecule has 2 atom stereocenters. The summed E-state index contributed by atoms with van der Waals surface area (Å²) in [6, 6.07) is 0.461. The van der Waals surface area contributed by atoms with Crippen LogP contribution >= 0.6 is 0 Å². The third-order valence-electron chi connectivity index (χ3n) is 6.70. The van der Waals surface area contributed by atoms with E-state index in [0.717, 1.165) is 12.8 Å². The molecule has 11 heteroatoms. The van der Waals surface area contributed by atoms with Crippen LogP contribution in [0.3, 0.4) is 0 Å². The quantitative estimate of drug-likeness (QED) is 0.176. The number of alkyl halides is 6. The second kappa shape index (κ2) is 10.8. The molecule has 0 rings (SSSR count). The van der Waals surface area contributed by atoms with Gasteiger partial charge in [0.1, 0.15) is 0 Å². The minimum Gasteiger partial charge on any atom is -0.413 e. The highest BCUT2D eigenvalue weighted by Gasteiger charge is 2.56. The fourth-order valence-electron chi connectivity index (χ4n) is 4.13. The molecule has 32 heavy (non-hydrogen) atoms. The largest absolute Gasteiger partial charge is 0.413 e. The molecule has 0 N–H and O–H groups in total. The molecule has 0 aromatic carbocycles. The normalized spacial score (nSPS) is 18.4. The van der Waals surface area contributed by atoms with Crippen LogP contribution in [0.15, 0.2) is 0 Å². The molecule has 0 aliphatic heterocycles. The Labute approximate surface area is 194 Å². The smallest absolute Gasteiger partial charge is 0.388 e. The third kappa shape index (κ3) is 10.6. The Morgan fingerprint density at radius 1 is 0.625 bits per heavy atom. The van der Waals surface area contributed by atoms with Crippen LogP contribution in [0.2, 0.25) is 50.9 Å². The first-order chi connectivity index (χ1) is 13.9. The molecule has 0 aromatic rings. The van der Waals surface area contributed by atoms with Gasteiger partial charge in [-0.3, -0.25) is 0 Å². The van der Waals surface area contributed by atoms with Gasteiger partial charge in [0.15, 0.2) is 8.32 Å². The van der Waals surface area contributed by atoms with Crippen LogP contribution in [0, 0.1) is 0 Å². The molecular formula is C21H44F6O2Si3. The van der Waals surface area contributed by atoms with Crippen LogP contribution in [-0.2, 0) is 8.85 Å². The molecule has 2 nitrogen and oxygen atoms in total. The highest BCUT2D eigenvalue weighted by Crippen LogP contribution is 2.44. The maximum Gasteiger partial charge on any atom is 0.388 e. The molecule has 194 valence electrons. The van der Waals surface area contributed by atoms with Gasteiger partial charge in [0.2, 0.25) is 8.32 Å². The van der Waals surface area contributed by atoms with Crippen molar-refractivity contribution in [1.29, 1.82) is 0 Å². The Morgan fingerprint density at radius 2 is 1.06 bits per heavy atom. The Morgan fingerprint density at radius 3 is 1.44 bits per heavy atom. The van der Waals surface area contributed by atoms with Crippen molar-refractivity contribution in [3.8, 4) is 0 Å². The lowest BCUT2D eigenvalue weighted by Crippen LogP contribution is -2.67. The molecular weight excluding hydrogens is 482 g/mol. The Balaban J connectivity index is 6.20. The maximum absolute atomic E-state index is 13.2. The zero-order valence-electron chi connectivity index (χ0n) is 21.5. The number of unbranched alkanes of at least 4 members (excludes halogenated alkanes) is 1. The summed E-state index contributed by atoms with van der Waals surface area (Å²) in [5, 5.41) is -1.83. The van der Waals surface area contributed by atoms with Gasteiger partial charge in [0, 0.05) is 18.1 Å². The number of halogens is 6. The highest BCUT2D eigenvalue weighted by atomic mass is 28.4. The first kappa shape index (κ1) is 32.2. The SMILES string of the molecule is CCCC[Si](C)(CCC(F)(F)F)C(C)(C)O[Si](C)(CCC(F)(F)F)C(C)(C)O[Si](C)(C)C. The van der Waals surface area contributed by atoms with E-state index >= 15 is 0 Å². The van der Waals surface area contributed by atoms with Crippen molar-refractivity contribution in [2.45, 2.75) is 134 Å². The lowest BCUT2D eigenvalue weighted by molar-refractivity contribution is -0.132. The van der Waals surface area contributed by atoms with Gasteiger partial charge in [-0.1, -0.05) is 32.4 Å². The number of hydrogen-bond acceptors (Lipinski definition) is 2. The summed E-state index contributed by atoms with van der Waals surface area (Å²) in [7, 11) is -8.00. The van der Waals surface area contributed by atoms with Crippen molar-refractivity contribution < 1.29 is 35.2 Å². The predicted octanol–water partition coefficient (Wildman–Crippen LogP) is 8.85. The zero-order valence-corrected chi connectivity index (χ0v) is 24.5. The van der Waals surface area contributed by atoms with E-state index in [-0.39, 0.29) is 12.1 Å². The van der Waals surface area contributed by atoms with Gasteiger partial charge >= 0.3 is 12.4 Å². The van der Waals surface area contributed by atoms with E-state index in [1.807, 2.05) is 33.1 Å². The molecule has 0 bridgehead atoms. The van der Waals surface area contributed by atoms with Crippen LogP contribution < -0.4 is 0 Å². The van der Waals surface area contributed by atoms with E-state index in [1.165, 1.54) is 0 Å². The lowest BCUT2D eigenvalue weighted by Gasteiger charge is -2.53. The molecule has 0 aromatic heterocycles. The van der Waals surface area contributed by atoms with Crippen LogP contribution in [0.4, 0.5) is 26.3 Å². The summed E-state index contributed by atoms with van der Waals surface area (Å²) in [4.78, 5) is 0.